The highest BCUT2D eigenvalue weighted by Crippen LogP contribution is 2.12. The Bertz CT molecular complexity index is 715. The summed E-state index contributed by atoms with van der Waals surface area (Å²) >= 11 is 0. The Balaban J connectivity index is 1.89. The fourth-order valence-electron chi connectivity index (χ4n) is 2.22. The average molecular weight is 356 g/mol. The Kier molecular flexibility index (Phi) is 7.54. The highest BCUT2D eigenvalue weighted by molar-refractivity contribution is 6.04. The zero-order chi connectivity index (χ0) is 18.8. The number of unbranched alkanes of at least 4 members (excludes halogenated alkanes) is 2. The van der Waals surface area contributed by atoms with Gasteiger partial charge in [-0.25, -0.2) is 14.8 Å². The maximum atomic E-state index is 12.2. The SMILES string of the molecule is CCCCCNc1ncc(C(=O)Nc2ccc(C(=O)OCC)cc2)cn1. The van der Waals surface area contributed by atoms with Crippen molar-refractivity contribution in [3.63, 3.8) is 0 Å². The number of hydrogen-bond donors (Lipinski definition) is 2. The van der Waals surface area contributed by atoms with Gasteiger partial charge in [0.15, 0.2) is 0 Å². The van der Waals surface area contributed by atoms with Gasteiger partial charge in [0.1, 0.15) is 0 Å². The van der Waals surface area contributed by atoms with Gasteiger partial charge in [-0.1, -0.05) is 19.8 Å². The van der Waals surface area contributed by atoms with Gasteiger partial charge in [0.2, 0.25) is 5.95 Å². The van der Waals surface area contributed by atoms with E-state index in [2.05, 4.69) is 27.5 Å². The predicted molar refractivity (Wildman–Crippen MR) is 100 cm³/mol. The average Bonchev–Trinajstić information content (AvgIpc) is 2.66. The molecule has 1 aromatic heterocycles. The molecule has 0 bridgehead atoms. The highest BCUT2D eigenvalue weighted by atomic mass is 16.5. The lowest BCUT2D eigenvalue weighted by Crippen LogP contribution is -2.14. The topological polar surface area (TPSA) is 93.2 Å². The van der Waals surface area contributed by atoms with E-state index in [9.17, 15) is 9.59 Å². The zero-order valence-electron chi connectivity index (χ0n) is 15.1. The molecule has 1 heterocycles. The molecular weight excluding hydrogens is 332 g/mol. The first kappa shape index (κ1) is 19.4. The van der Waals surface area contributed by atoms with E-state index >= 15 is 0 Å². The van der Waals surface area contributed by atoms with E-state index < -0.39 is 0 Å². The molecule has 0 saturated carbocycles. The van der Waals surface area contributed by atoms with Crippen molar-refractivity contribution in [2.24, 2.45) is 0 Å². The molecule has 2 rings (SSSR count). The van der Waals surface area contributed by atoms with Crippen molar-refractivity contribution in [1.29, 1.82) is 0 Å². The molecule has 0 unspecified atom stereocenters. The van der Waals surface area contributed by atoms with Crippen molar-refractivity contribution in [3.05, 3.63) is 47.8 Å². The number of nitrogens with one attached hydrogen (secondary N) is 2. The summed E-state index contributed by atoms with van der Waals surface area (Å²) in [5.74, 6) is -0.191. The first-order valence-corrected chi connectivity index (χ1v) is 8.78. The summed E-state index contributed by atoms with van der Waals surface area (Å²) in [4.78, 5) is 32.2. The number of amides is 1. The van der Waals surface area contributed by atoms with Crippen molar-refractivity contribution in [2.45, 2.75) is 33.1 Å². The second kappa shape index (κ2) is 10.1. The zero-order valence-corrected chi connectivity index (χ0v) is 15.1. The summed E-state index contributed by atoms with van der Waals surface area (Å²) < 4.78 is 4.92. The standard InChI is InChI=1S/C19H24N4O3/c1-3-5-6-11-20-19-21-12-15(13-22-19)17(24)23-16-9-7-14(8-10-16)18(25)26-4-2/h7-10,12-13H,3-6,11H2,1-2H3,(H,23,24)(H,20,21,22). The van der Waals surface area contributed by atoms with Crippen molar-refractivity contribution in [1.82, 2.24) is 9.97 Å². The number of benzene rings is 1. The van der Waals surface area contributed by atoms with E-state index in [0.717, 1.165) is 25.8 Å². The summed E-state index contributed by atoms with van der Waals surface area (Å²) in [7, 11) is 0. The number of nitrogens with zero attached hydrogens (tertiary/aromatic N) is 2. The van der Waals surface area contributed by atoms with Crippen LogP contribution in [-0.2, 0) is 4.74 Å². The maximum absolute atomic E-state index is 12.2. The van der Waals surface area contributed by atoms with Gasteiger partial charge in [-0.2, -0.15) is 0 Å². The van der Waals surface area contributed by atoms with Gasteiger partial charge in [0, 0.05) is 24.6 Å². The van der Waals surface area contributed by atoms with Crippen LogP contribution in [0.5, 0.6) is 0 Å². The van der Waals surface area contributed by atoms with Gasteiger partial charge in [0.05, 0.1) is 17.7 Å². The van der Waals surface area contributed by atoms with Crippen LogP contribution in [0.1, 0.15) is 53.8 Å². The summed E-state index contributed by atoms with van der Waals surface area (Å²) in [5, 5.41) is 5.87. The predicted octanol–water partition coefficient (Wildman–Crippen LogP) is 3.51. The minimum absolute atomic E-state index is 0.314. The Morgan fingerprint density at radius 3 is 2.31 bits per heavy atom. The van der Waals surface area contributed by atoms with Gasteiger partial charge in [-0.05, 0) is 37.6 Å². The normalized spacial score (nSPS) is 10.2. The van der Waals surface area contributed by atoms with Crippen LogP contribution in [-0.4, -0.2) is 35.0 Å². The third kappa shape index (κ3) is 5.84. The van der Waals surface area contributed by atoms with E-state index in [1.54, 1.807) is 31.2 Å². The van der Waals surface area contributed by atoms with E-state index in [0.29, 0.717) is 29.4 Å². The molecule has 0 saturated heterocycles. The van der Waals surface area contributed by atoms with E-state index in [1.165, 1.54) is 12.4 Å². The summed E-state index contributed by atoms with van der Waals surface area (Å²) in [6.45, 7) is 5.03. The molecule has 26 heavy (non-hydrogen) atoms. The fourth-order valence-corrected chi connectivity index (χ4v) is 2.22. The molecule has 0 spiro atoms. The first-order valence-electron chi connectivity index (χ1n) is 8.78. The molecule has 0 fully saturated rings. The monoisotopic (exact) mass is 356 g/mol. The highest BCUT2D eigenvalue weighted by Gasteiger charge is 2.09. The number of anilines is 2. The largest absolute Gasteiger partial charge is 0.462 e. The Hall–Kier alpha value is -2.96. The van der Waals surface area contributed by atoms with Crippen molar-refractivity contribution >= 4 is 23.5 Å². The number of esters is 1. The molecule has 7 nitrogen and oxygen atoms in total. The van der Waals surface area contributed by atoms with Crippen molar-refractivity contribution in [2.75, 3.05) is 23.8 Å². The van der Waals surface area contributed by atoms with Crippen LogP contribution in [0.4, 0.5) is 11.6 Å². The van der Waals surface area contributed by atoms with Crippen LogP contribution in [0.3, 0.4) is 0 Å². The van der Waals surface area contributed by atoms with Crippen molar-refractivity contribution < 1.29 is 14.3 Å². The number of ether oxygens (including phenoxy) is 1. The third-order valence-corrected chi connectivity index (χ3v) is 3.63. The minimum atomic E-state index is -0.388. The Labute approximate surface area is 153 Å². The van der Waals surface area contributed by atoms with Gasteiger partial charge in [-0.15, -0.1) is 0 Å². The van der Waals surface area contributed by atoms with Gasteiger partial charge in [-0.3, -0.25) is 4.79 Å². The lowest BCUT2D eigenvalue weighted by Gasteiger charge is -2.07. The lowest BCUT2D eigenvalue weighted by atomic mass is 10.2. The quantitative estimate of drug-likeness (QED) is 0.527. The van der Waals surface area contributed by atoms with Gasteiger partial charge < -0.3 is 15.4 Å². The second-order valence-electron chi connectivity index (χ2n) is 5.68. The molecule has 1 aromatic carbocycles. The smallest absolute Gasteiger partial charge is 0.338 e. The minimum Gasteiger partial charge on any atom is -0.462 e. The number of rotatable bonds is 9. The first-order chi connectivity index (χ1) is 12.6. The molecule has 7 heteroatoms. The van der Waals surface area contributed by atoms with E-state index in [4.69, 9.17) is 4.74 Å². The molecule has 0 aliphatic rings. The van der Waals surface area contributed by atoms with Crippen LogP contribution in [0.15, 0.2) is 36.7 Å². The number of aromatic nitrogens is 2. The molecule has 138 valence electrons. The Morgan fingerprint density at radius 1 is 1.00 bits per heavy atom. The summed E-state index contributed by atoms with van der Waals surface area (Å²) in [6, 6.07) is 6.50. The molecule has 2 aromatic rings. The van der Waals surface area contributed by atoms with Crippen LogP contribution in [0, 0.1) is 0 Å². The summed E-state index contributed by atoms with van der Waals surface area (Å²) in [5.41, 5.74) is 1.37. The van der Waals surface area contributed by atoms with Crippen LogP contribution < -0.4 is 10.6 Å². The molecule has 0 atom stereocenters. The van der Waals surface area contributed by atoms with Crippen molar-refractivity contribution in [3.8, 4) is 0 Å². The van der Waals surface area contributed by atoms with Gasteiger partial charge >= 0.3 is 5.97 Å². The van der Waals surface area contributed by atoms with Gasteiger partial charge in [0.25, 0.3) is 5.91 Å². The van der Waals surface area contributed by atoms with Crippen LogP contribution in [0.25, 0.3) is 0 Å². The summed E-state index contributed by atoms with van der Waals surface area (Å²) in [6.07, 6.45) is 6.34. The number of carbonyl (C=O) groups is 2. The maximum Gasteiger partial charge on any atom is 0.338 e. The fraction of sp³-hybridized carbons (Fsp3) is 0.368. The van der Waals surface area contributed by atoms with Crippen LogP contribution >= 0.6 is 0 Å². The molecule has 2 N–H and O–H groups in total. The molecule has 0 aliphatic heterocycles. The lowest BCUT2D eigenvalue weighted by molar-refractivity contribution is 0.0526. The third-order valence-electron chi connectivity index (χ3n) is 3.63. The second-order valence-corrected chi connectivity index (χ2v) is 5.68. The number of hydrogen-bond acceptors (Lipinski definition) is 6. The van der Waals surface area contributed by atoms with E-state index in [1.807, 2.05) is 0 Å². The Morgan fingerprint density at radius 2 is 1.69 bits per heavy atom. The van der Waals surface area contributed by atoms with Crippen LogP contribution in [0.2, 0.25) is 0 Å². The number of carbonyl (C=O) groups excluding carboxylic acids is 2. The molecule has 1 amide bonds. The van der Waals surface area contributed by atoms with E-state index in [-0.39, 0.29) is 11.9 Å². The molecular formula is C19H24N4O3. The molecule has 0 aliphatic carbocycles. The molecule has 0 radical (unpaired) electrons.